The van der Waals surface area contributed by atoms with Gasteiger partial charge < -0.3 is 15.1 Å². The predicted molar refractivity (Wildman–Crippen MR) is 103 cm³/mol. The molecule has 0 saturated heterocycles. The number of hydrogen-bond acceptors (Lipinski definition) is 4. The second kappa shape index (κ2) is 8.05. The van der Waals surface area contributed by atoms with Crippen LogP contribution in [-0.4, -0.2) is 42.4 Å². The minimum atomic E-state index is -0.368. The summed E-state index contributed by atoms with van der Waals surface area (Å²) in [6.45, 7) is 2.69. The molecule has 1 unspecified atom stereocenters. The lowest BCUT2D eigenvalue weighted by Crippen LogP contribution is -2.41. The van der Waals surface area contributed by atoms with Crippen molar-refractivity contribution >= 4 is 33.4 Å². The van der Waals surface area contributed by atoms with E-state index in [2.05, 4.69) is 45.4 Å². The first-order chi connectivity index (χ1) is 12.4. The third-order valence-electron chi connectivity index (χ3n) is 4.56. The Morgan fingerprint density at radius 1 is 1.27 bits per heavy atom. The second-order valence-corrected chi connectivity index (χ2v) is 7.38. The lowest BCUT2D eigenvalue weighted by atomic mass is 10.1. The standard InChI is InChI=1S/C19H22BrN3O3/c1-12(23(2)15-6-7-15)11-21-18(24)13-4-3-5-14(10-13)22-19(25)16-8-9-17(20)26-16/h3-5,8-10,12,15H,6-7,11H2,1-2H3,(H,21,24)(H,22,25). The Bertz CT molecular complexity index is 801. The number of rotatable bonds is 7. The molecule has 1 aromatic heterocycles. The van der Waals surface area contributed by atoms with E-state index in [9.17, 15) is 9.59 Å². The summed E-state index contributed by atoms with van der Waals surface area (Å²) in [5.74, 6) is -0.325. The first-order valence-corrected chi connectivity index (χ1v) is 9.40. The molecule has 2 N–H and O–H groups in total. The molecule has 2 amide bonds. The smallest absolute Gasteiger partial charge is 0.291 e. The van der Waals surface area contributed by atoms with Crippen molar-refractivity contribution in [3.63, 3.8) is 0 Å². The molecule has 2 aromatic rings. The van der Waals surface area contributed by atoms with E-state index in [1.54, 1.807) is 36.4 Å². The molecule has 6 nitrogen and oxygen atoms in total. The second-order valence-electron chi connectivity index (χ2n) is 6.59. The monoisotopic (exact) mass is 419 g/mol. The van der Waals surface area contributed by atoms with Crippen molar-refractivity contribution in [2.24, 2.45) is 0 Å². The maximum atomic E-state index is 12.4. The topological polar surface area (TPSA) is 74.6 Å². The molecule has 7 heteroatoms. The SMILES string of the molecule is CC(CNC(=O)c1cccc(NC(=O)c2ccc(Br)o2)c1)N(C)C1CC1. The molecule has 26 heavy (non-hydrogen) atoms. The van der Waals surface area contributed by atoms with Crippen molar-refractivity contribution in [3.8, 4) is 0 Å². The van der Waals surface area contributed by atoms with Crippen molar-refractivity contribution < 1.29 is 14.0 Å². The number of anilines is 1. The van der Waals surface area contributed by atoms with Gasteiger partial charge in [-0.3, -0.25) is 14.5 Å². The Morgan fingerprint density at radius 2 is 2.04 bits per heavy atom. The molecular formula is C19H22BrN3O3. The number of nitrogens with one attached hydrogen (secondary N) is 2. The molecule has 1 atom stereocenters. The molecule has 0 bridgehead atoms. The Morgan fingerprint density at radius 3 is 2.69 bits per heavy atom. The van der Waals surface area contributed by atoms with Crippen molar-refractivity contribution in [2.75, 3.05) is 18.9 Å². The molecule has 0 aliphatic heterocycles. The summed E-state index contributed by atoms with van der Waals surface area (Å²) >= 11 is 3.17. The van der Waals surface area contributed by atoms with E-state index in [0.717, 1.165) is 0 Å². The van der Waals surface area contributed by atoms with Gasteiger partial charge in [0.2, 0.25) is 0 Å². The van der Waals surface area contributed by atoms with Gasteiger partial charge in [0.15, 0.2) is 10.4 Å². The fourth-order valence-electron chi connectivity index (χ4n) is 2.70. The average molecular weight is 420 g/mol. The van der Waals surface area contributed by atoms with Gasteiger partial charge >= 0.3 is 0 Å². The van der Waals surface area contributed by atoms with E-state index < -0.39 is 0 Å². The number of furan rings is 1. The average Bonchev–Trinajstić information content (AvgIpc) is 3.39. The molecule has 0 spiro atoms. The summed E-state index contributed by atoms with van der Waals surface area (Å²) in [6.07, 6.45) is 2.48. The molecule has 138 valence electrons. The first kappa shape index (κ1) is 18.7. The zero-order valence-corrected chi connectivity index (χ0v) is 16.4. The van der Waals surface area contributed by atoms with Gasteiger partial charge in [-0.1, -0.05) is 6.07 Å². The number of benzene rings is 1. The largest absolute Gasteiger partial charge is 0.444 e. The van der Waals surface area contributed by atoms with Gasteiger partial charge in [-0.15, -0.1) is 0 Å². The van der Waals surface area contributed by atoms with Crippen LogP contribution in [0.3, 0.4) is 0 Å². The highest BCUT2D eigenvalue weighted by Gasteiger charge is 2.29. The molecule has 3 rings (SSSR count). The van der Waals surface area contributed by atoms with Crippen molar-refractivity contribution in [3.05, 3.63) is 52.4 Å². The van der Waals surface area contributed by atoms with E-state index >= 15 is 0 Å². The normalized spacial score (nSPS) is 14.9. The number of likely N-dealkylation sites (N-methyl/N-ethyl adjacent to an activating group) is 1. The van der Waals surface area contributed by atoms with Crippen LogP contribution in [0.15, 0.2) is 45.5 Å². The van der Waals surface area contributed by atoms with Crippen LogP contribution in [0, 0.1) is 0 Å². The Labute approximate surface area is 161 Å². The van der Waals surface area contributed by atoms with Gasteiger partial charge in [0.05, 0.1) is 0 Å². The number of carbonyl (C=O) groups excluding carboxylic acids is 2. The molecule has 1 aromatic carbocycles. The van der Waals surface area contributed by atoms with Gasteiger partial charge in [0.1, 0.15) is 0 Å². The van der Waals surface area contributed by atoms with E-state index in [4.69, 9.17) is 4.42 Å². The Kier molecular flexibility index (Phi) is 5.78. The number of hydrogen-bond donors (Lipinski definition) is 2. The third kappa shape index (κ3) is 4.74. The Hall–Kier alpha value is -2.12. The Balaban J connectivity index is 1.57. The molecule has 1 heterocycles. The number of halogens is 1. The van der Waals surface area contributed by atoms with Crippen LogP contribution in [-0.2, 0) is 0 Å². The van der Waals surface area contributed by atoms with Gasteiger partial charge in [-0.25, -0.2) is 0 Å². The molecule has 0 radical (unpaired) electrons. The minimum Gasteiger partial charge on any atom is -0.444 e. The molecule has 1 aliphatic rings. The summed E-state index contributed by atoms with van der Waals surface area (Å²) in [5, 5.41) is 5.69. The highest BCUT2D eigenvalue weighted by Crippen LogP contribution is 2.26. The number of carbonyl (C=O) groups is 2. The lowest BCUT2D eigenvalue weighted by Gasteiger charge is -2.24. The van der Waals surface area contributed by atoms with Gasteiger partial charge in [-0.05, 0) is 73.1 Å². The summed E-state index contributed by atoms with van der Waals surface area (Å²) in [4.78, 5) is 26.8. The van der Waals surface area contributed by atoms with E-state index in [0.29, 0.717) is 28.5 Å². The van der Waals surface area contributed by atoms with E-state index in [1.165, 1.54) is 12.8 Å². The van der Waals surface area contributed by atoms with Crippen LogP contribution < -0.4 is 10.6 Å². The number of nitrogens with zero attached hydrogens (tertiary/aromatic N) is 1. The molecule has 1 saturated carbocycles. The summed E-state index contributed by atoms with van der Waals surface area (Å²) in [6, 6.07) is 11.0. The zero-order valence-electron chi connectivity index (χ0n) is 14.8. The van der Waals surface area contributed by atoms with Crippen LogP contribution >= 0.6 is 15.9 Å². The third-order valence-corrected chi connectivity index (χ3v) is 4.98. The van der Waals surface area contributed by atoms with Crippen LogP contribution in [0.1, 0.15) is 40.7 Å². The van der Waals surface area contributed by atoms with Gasteiger partial charge in [0, 0.05) is 29.9 Å². The minimum absolute atomic E-state index is 0.155. The summed E-state index contributed by atoms with van der Waals surface area (Å²) in [5.41, 5.74) is 1.04. The lowest BCUT2D eigenvalue weighted by molar-refractivity contribution is 0.0938. The van der Waals surface area contributed by atoms with E-state index in [1.807, 2.05) is 0 Å². The molecular weight excluding hydrogens is 398 g/mol. The van der Waals surface area contributed by atoms with Crippen molar-refractivity contribution in [2.45, 2.75) is 31.8 Å². The molecule has 1 fully saturated rings. The van der Waals surface area contributed by atoms with Crippen molar-refractivity contribution in [1.82, 2.24) is 10.2 Å². The van der Waals surface area contributed by atoms with Gasteiger partial charge in [0.25, 0.3) is 11.8 Å². The number of amides is 2. The quantitative estimate of drug-likeness (QED) is 0.719. The predicted octanol–water partition coefficient (Wildman–Crippen LogP) is 3.51. The molecule has 1 aliphatic carbocycles. The van der Waals surface area contributed by atoms with Crippen molar-refractivity contribution in [1.29, 1.82) is 0 Å². The van der Waals surface area contributed by atoms with Crippen LogP contribution in [0.25, 0.3) is 0 Å². The van der Waals surface area contributed by atoms with Crippen LogP contribution in [0.2, 0.25) is 0 Å². The van der Waals surface area contributed by atoms with Gasteiger partial charge in [-0.2, -0.15) is 0 Å². The van der Waals surface area contributed by atoms with E-state index in [-0.39, 0.29) is 23.6 Å². The van der Waals surface area contributed by atoms with Crippen LogP contribution in [0.5, 0.6) is 0 Å². The maximum absolute atomic E-state index is 12.4. The van der Waals surface area contributed by atoms with Crippen LogP contribution in [0.4, 0.5) is 5.69 Å². The highest BCUT2D eigenvalue weighted by molar-refractivity contribution is 9.10. The zero-order chi connectivity index (χ0) is 18.7. The maximum Gasteiger partial charge on any atom is 0.291 e. The highest BCUT2D eigenvalue weighted by atomic mass is 79.9. The summed E-state index contributed by atoms with van der Waals surface area (Å²) in [7, 11) is 2.09. The fourth-order valence-corrected chi connectivity index (χ4v) is 3.00. The first-order valence-electron chi connectivity index (χ1n) is 8.61. The summed E-state index contributed by atoms with van der Waals surface area (Å²) < 4.78 is 5.71. The fraction of sp³-hybridized carbons (Fsp3) is 0.368.